The molecule has 0 saturated carbocycles. The first-order valence-corrected chi connectivity index (χ1v) is 11.8. The highest BCUT2D eigenvalue weighted by molar-refractivity contribution is 7.90. The van der Waals surface area contributed by atoms with Gasteiger partial charge in [-0.15, -0.1) is 4.40 Å². The summed E-state index contributed by atoms with van der Waals surface area (Å²) < 4.78 is 29.5. The molecule has 0 spiro atoms. The molecular formula is C20H28ClN3O3S. The van der Waals surface area contributed by atoms with Crippen LogP contribution in [0.15, 0.2) is 21.4 Å². The van der Waals surface area contributed by atoms with Crippen molar-refractivity contribution in [3.8, 4) is 0 Å². The second-order valence-corrected chi connectivity index (χ2v) is 10.1. The number of carbonyl (C=O) groups is 1. The summed E-state index contributed by atoms with van der Waals surface area (Å²) >= 11 is 6.41. The van der Waals surface area contributed by atoms with E-state index in [2.05, 4.69) is 23.6 Å². The fourth-order valence-electron chi connectivity index (χ4n) is 3.63. The largest absolute Gasteiger partial charge is 0.350 e. The highest BCUT2D eigenvalue weighted by Gasteiger charge is 2.33. The van der Waals surface area contributed by atoms with E-state index in [4.69, 9.17) is 11.6 Å². The molecule has 6 nitrogen and oxygen atoms in total. The second-order valence-electron chi connectivity index (χ2n) is 8.09. The number of carbonyl (C=O) groups excluding carboxylic acids is 1. The van der Waals surface area contributed by atoms with Crippen LogP contribution in [0.25, 0.3) is 0 Å². The van der Waals surface area contributed by atoms with Crippen LogP contribution in [0, 0.1) is 5.92 Å². The Kier molecular flexibility index (Phi) is 6.34. The van der Waals surface area contributed by atoms with Gasteiger partial charge in [0.15, 0.2) is 0 Å². The van der Waals surface area contributed by atoms with Crippen LogP contribution in [-0.4, -0.2) is 32.7 Å². The topological polar surface area (TPSA) is 78.8 Å². The summed E-state index contributed by atoms with van der Waals surface area (Å²) in [5.74, 6) is 0.767. The summed E-state index contributed by atoms with van der Waals surface area (Å²) in [6.07, 6.45) is 5.40. The lowest BCUT2D eigenvalue weighted by Crippen LogP contribution is -2.36. The number of hydrogen-bond donors (Lipinski definition) is 1. The van der Waals surface area contributed by atoms with Crippen molar-refractivity contribution in [3.05, 3.63) is 22.7 Å². The number of sulfonamides is 1. The maximum atomic E-state index is 12.7. The summed E-state index contributed by atoms with van der Waals surface area (Å²) in [4.78, 5) is 14.7. The molecule has 0 radical (unpaired) electrons. The maximum absolute atomic E-state index is 12.7. The Balaban J connectivity index is 1.91. The molecule has 1 fully saturated rings. The molecule has 1 amide bonds. The zero-order chi connectivity index (χ0) is 20.5. The molecule has 1 aromatic rings. The number of amides is 1. The number of hydrogen-bond acceptors (Lipinski definition) is 4. The number of amidine groups is 1. The SMILES string of the molecule is CC(C)CC[C@H](C)NC(=O)c1cc2c(cc1Cl)N1CCCCCC1=NS2(=O)=O. The Hall–Kier alpha value is -1.60. The summed E-state index contributed by atoms with van der Waals surface area (Å²) in [6.45, 7) is 6.92. The van der Waals surface area contributed by atoms with Gasteiger partial charge < -0.3 is 10.2 Å². The van der Waals surface area contributed by atoms with Crippen molar-refractivity contribution in [2.24, 2.45) is 10.3 Å². The summed E-state index contributed by atoms with van der Waals surface area (Å²) in [5, 5.41) is 3.18. The van der Waals surface area contributed by atoms with E-state index < -0.39 is 10.0 Å². The van der Waals surface area contributed by atoms with Gasteiger partial charge in [-0.25, -0.2) is 0 Å². The molecule has 1 saturated heterocycles. The molecule has 0 aromatic heterocycles. The molecule has 2 aliphatic heterocycles. The number of benzene rings is 1. The third-order valence-electron chi connectivity index (χ3n) is 5.24. The summed E-state index contributed by atoms with van der Waals surface area (Å²) in [6, 6.07) is 2.96. The van der Waals surface area contributed by atoms with Crippen molar-refractivity contribution in [3.63, 3.8) is 0 Å². The molecule has 2 aliphatic rings. The van der Waals surface area contributed by atoms with Gasteiger partial charge in [0.05, 0.1) is 16.3 Å². The van der Waals surface area contributed by atoms with Crippen molar-refractivity contribution in [1.29, 1.82) is 0 Å². The van der Waals surface area contributed by atoms with Gasteiger partial charge in [-0.05, 0) is 50.7 Å². The van der Waals surface area contributed by atoms with Crippen LogP contribution >= 0.6 is 11.6 Å². The van der Waals surface area contributed by atoms with Crippen LogP contribution in [0.3, 0.4) is 0 Å². The quantitative estimate of drug-likeness (QED) is 0.759. The van der Waals surface area contributed by atoms with Crippen molar-refractivity contribution in [2.45, 2.75) is 70.2 Å². The molecule has 0 bridgehead atoms. The van der Waals surface area contributed by atoms with Crippen LogP contribution in [0.4, 0.5) is 5.69 Å². The van der Waals surface area contributed by atoms with Gasteiger partial charge in [0, 0.05) is 19.0 Å². The third-order valence-corrected chi connectivity index (χ3v) is 6.88. The molecule has 28 heavy (non-hydrogen) atoms. The van der Waals surface area contributed by atoms with Crippen LogP contribution in [-0.2, 0) is 10.0 Å². The van der Waals surface area contributed by atoms with Crippen LogP contribution in [0.1, 0.15) is 69.7 Å². The predicted octanol–water partition coefficient (Wildman–Crippen LogP) is 4.38. The molecule has 3 rings (SSSR count). The molecule has 0 unspecified atom stereocenters. The summed E-state index contributed by atoms with van der Waals surface area (Å²) in [7, 11) is -3.84. The van der Waals surface area contributed by atoms with Crippen molar-refractivity contribution >= 4 is 39.1 Å². The average molecular weight is 426 g/mol. The number of anilines is 1. The Morgan fingerprint density at radius 3 is 2.68 bits per heavy atom. The Morgan fingerprint density at radius 2 is 1.96 bits per heavy atom. The van der Waals surface area contributed by atoms with E-state index in [9.17, 15) is 13.2 Å². The van der Waals surface area contributed by atoms with E-state index in [0.717, 1.165) is 32.1 Å². The minimum absolute atomic E-state index is 0.0196. The standard InChI is InChI=1S/C20H28ClN3O3S/c1-13(2)8-9-14(3)22-20(25)15-11-18-17(12-16(15)21)24-10-6-4-5-7-19(24)23-28(18,26)27/h11-14H,4-10H2,1-3H3,(H,22,25)/t14-/m0/s1. The lowest BCUT2D eigenvalue weighted by Gasteiger charge is -2.30. The molecule has 0 aliphatic carbocycles. The smallest absolute Gasteiger partial charge is 0.286 e. The second kappa shape index (κ2) is 8.41. The highest BCUT2D eigenvalue weighted by Crippen LogP contribution is 2.37. The van der Waals surface area contributed by atoms with Gasteiger partial charge in [0.1, 0.15) is 10.7 Å². The molecule has 1 aromatic carbocycles. The first-order chi connectivity index (χ1) is 13.2. The minimum Gasteiger partial charge on any atom is -0.350 e. The molecule has 2 heterocycles. The van der Waals surface area contributed by atoms with Crippen molar-refractivity contribution in [1.82, 2.24) is 5.32 Å². The van der Waals surface area contributed by atoms with Gasteiger partial charge in [0.2, 0.25) is 0 Å². The number of rotatable bonds is 5. The normalized spacial score (nSPS) is 19.3. The number of nitrogens with one attached hydrogen (secondary N) is 1. The fourth-order valence-corrected chi connectivity index (χ4v) is 5.14. The van der Waals surface area contributed by atoms with Crippen LogP contribution in [0.5, 0.6) is 0 Å². The van der Waals surface area contributed by atoms with E-state index in [0.29, 0.717) is 30.4 Å². The Morgan fingerprint density at radius 1 is 1.21 bits per heavy atom. The molecule has 8 heteroatoms. The van der Waals surface area contributed by atoms with Crippen LogP contribution in [0.2, 0.25) is 5.02 Å². The van der Waals surface area contributed by atoms with E-state index in [1.54, 1.807) is 6.07 Å². The first-order valence-electron chi connectivity index (χ1n) is 9.95. The van der Waals surface area contributed by atoms with Crippen LogP contribution < -0.4 is 10.2 Å². The van der Waals surface area contributed by atoms with E-state index in [1.165, 1.54) is 6.07 Å². The number of halogens is 1. The van der Waals surface area contributed by atoms with E-state index in [-0.39, 0.29) is 27.4 Å². The predicted molar refractivity (Wildman–Crippen MR) is 113 cm³/mol. The van der Waals surface area contributed by atoms with Gasteiger partial charge in [-0.2, -0.15) is 8.42 Å². The van der Waals surface area contributed by atoms with Gasteiger partial charge in [0.25, 0.3) is 15.9 Å². The van der Waals surface area contributed by atoms with Crippen molar-refractivity contribution < 1.29 is 13.2 Å². The monoisotopic (exact) mass is 425 g/mol. The Bertz CT molecular complexity index is 896. The highest BCUT2D eigenvalue weighted by atomic mass is 35.5. The number of fused-ring (bicyclic) bond motifs is 3. The third kappa shape index (κ3) is 4.51. The molecular weight excluding hydrogens is 398 g/mol. The minimum atomic E-state index is -3.84. The fraction of sp³-hybridized carbons (Fsp3) is 0.600. The lowest BCUT2D eigenvalue weighted by molar-refractivity contribution is 0.0937. The average Bonchev–Trinajstić information content (AvgIpc) is 2.84. The van der Waals surface area contributed by atoms with E-state index >= 15 is 0 Å². The zero-order valence-electron chi connectivity index (χ0n) is 16.7. The summed E-state index contributed by atoms with van der Waals surface area (Å²) in [5.41, 5.74) is 0.704. The first kappa shape index (κ1) is 21.1. The van der Waals surface area contributed by atoms with Crippen molar-refractivity contribution in [2.75, 3.05) is 11.4 Å². The zero-order valence-corrected chi connectivity index (χ0v) is 18.2. The maximum Gasteiger partial charge on any atom is 0.286 e. The molecule has 1 atom stereocenters. The van der Waals surface area contributed by atoms with E-state index in [1.807, 2.05) is 11.8 Å². The van der Waals surface area contributed by atoms with Gasteiger partial charge in [-0.3, -0.25) is 4.79 Å². The van der Waals surface area contributed by atoms with Gasteiger partial charge >= 0.3 is 0 Å². The molecule has 1 N–H and O–H groups in total. The van der Waals surface area contributed by atoms with Gasteiger partial charge in [-0.1, -0.05) is 31.9 Å². The lowest BCUT2D eigenvalue weighted by atomic mass is 10.0. The number of nitrogens with zero attached hydrogens (tertiary/aromatic N) is 2. The Labute approximate surface area is 172 Å². The molecule has 154 valence electrons.